The van der Waals surface area contributed by atoms with Crippen molar-refractivity contribution in [2.24, 2.45) is 5.10 Å². The standard InChI is InChI=1S/C58H41N5/c59-55-38-51(50-33-46(40-15-5-1-6-16-40)31-47(34-50)41-17-7-2-8-18-41)37-54(52-35-48(42-19-9-3-10-20-42)32-49(36-52)43-21-11-4-12-22-43)58(55)63-62-53-28-26-44(27-29-53)56-24-13-25-57(61-56)45-23-14-30-60-39-45/h1-39,59,62H/b59-55?,63-58-. The van der Waals surface area contributed by atoms with Gasteiger partial charge in [0.1, 0.15) is 5.71 Å². The van der Waals surface area contributed by atoms with Crippen LogP contribution in [-0.4, -0.2) is 21.4 Å². The molecule has 0 saturated carbocycles. The van der Waals surface area contributed by atoms with Crippen LogP contribution in [0.1, 0.15) is 11.1 Å². The van der Waals surface area contributed by atoms with Crippen LogP contribution in [0.5, 0.6) is 0 Å². The van der Waals surface area contributed by atoms with E-state index in [0.717, 1.165) is 95.0 Å². The van der Waals surface area contributed by atoms with Gasteiger partial charge in [-0.15, -0.1) is 0 Å². The number of hydrogen-bond acceptors (Lipinski definition) is 5. The maximum Gasteiger partial charge on any atom is 0.116 e. The van der Waals surface area contributed by atoms with E-state index < -0.39 is 0 Å². The van der Waals surface area contributed by atoms with Crippen LogP contribution in [-0.2, 0) is 0 Å². The summed E-state index contributed by atoms with van der Waals surface area (Å²) in [6, 6.07) is 73.3. The molecule has 0 aliphatic heterocycles. The van der Waals surface area contributed by atoms with Crippen molar-refractivity contribution in [3.63, 3.8) is 0 Å². The highest BCUT2D eigenvalue weighted by atomic mass is 15.3. The summed E-state index contributed by atoms with van der Waals surface area (Å²) >= 11 is 0. The van der Waals surface area contributed by atoms with Crippen molar-refractivity contribution in [2.45, 2.75) is 0 Å². The molecule has 9 aromatic rings. The monoisotopic (exact) mass is 807 g/mol. The number of hydrogen-bond donors (Lipinski definition) is 2. The molecule has 0 radical (unpaired) electrons. The molecule has 10 rings (SSSR count). The second-order valence-electron chi connectivity index (χ2n) is 15.4. The second kappa shape index (κ2) is 17.6. The van der Waals surface area contributed by atoms with Gasteiger partial charge in [0.25, 0.3) is 0 Å². The summed E-state index contributed by atoms with van der Waals surface area (Å²) in [6.45, 7) is 0. The van der Waals surface area contributed by atoms with Crippen molar-refractivity contribution in [1.82, 2.24) is 9.97 Å². The van der Waals surface area contributed by atoms with Gasteiger partial charge in [-0.2, -0.15) is 5.10 Å². The van der Waals surface area contributed by atoms with Gasteiger partial charge < -0.3 is 0 Å². The lowest BCUT2D eigenvalue weighted by Crippen LogP contribution is -2.19. The average molecular weight is 808 g/mol. The lowest BCUT2D eigenvalue weighted by atomic mass is 9.84. The molecule has 0 fully saturated rings. The Morgan fingerprint density at radius 3 is 1.33 bits per heavy atom. The maximum atomic E-state index is 9.68. The Morgan fingerprint density at radius 1 is 0.381 bits per heavy atom. The van der Waals surface area contributed by atoms with Crippen LogP contribution in [0, 0.1) is 5.41 Å². The molecule has 5 heteroatoms. The van der Waals surface area contributed by atoms with Crippen molar-refractivity contribution in [1.29, 1.82) is 5.41 Å². The number of nitrogens with zero attached hydrogens (tertiary/aromatic N) is 3. The van der Waals surface area contributed by atoms with Crippen molar-refractivity contribution in [2.75, 3.05) is 5.43 Å². The smallest absolute Gasteiger partial charge is 0.116 e. The number of rotatable bonds is 10. The van der Waals surface area contributed by atoms with Gasteiger partial charge in [-0.05, 0) is 146 Å². The molecule has 1 aliphatic rings. The fourth-order valence-electron chi connectivity index (χ4n) is 8.01. The molecule has 0 unspecified atom stereocenters. The summed E-state index contributed by atoms with van der Waals surface area (Å²) in [5.41, 5.74) is 21.3. The minimum atomic E-state index is 0.306. The molecule has 298 valence electrons. The van der Waals surface area contributed by atoms with Gasteiger partial charge in [-0.25, -0.2) is 4.98 Å². The lowest BCUT2D eigenvalue weighted by molar-refractivity contribution is 1.28. The molecule has 0 amide bonds. The first kappa shape index (κ1) is 38.6. The number of hydrazone groups is 1. The van der Waals surface area contributed by atoms with Gasteiger partial charge in [-0.3, -0.25) is 15.8 Å². The number of benzene rings is 7. The Labute approximate surface area is 367 Å². The van der Waals surface area contributed by atoms with Crippen LogP contribution in [0.4, 0.5) is 5.69 Å². The van der Waals surface area contributed by atoms with E-state index in [9.17, 15) is 5.41 Å². The number of pyridine rings is 2. The van der Waals surface area contributed by atoms with Gasteiger partial charge in [0.05, 0.1) is 22.8 Å². The highest BCUT2D eigenvalue weighted by Crippen LogP contribution is 2.38. The third-order valence-corrected chi connectivity index (χ3v) is 11.2. The van der Waals surface area contributed by atoms with Crippen molar-refractivity contribution in [3.05, 3.63) is 248 Å². The molecule has 2 N–H and O–H groups in total. The molecular weight excluding hydrogens is 767 g/mol. The highest BCUT2D eigenvalue weighted by Gasteiger charge is 2.23. The minimum absolute atomic E-state index is 0.306. The van der Waals surface area contributed by atoms with Gasteiger partial charge in [0.15, 0.2) is 0 Å². The molecular formula is C58H41N5. The lowest BCUT2D eigenvalue weighted by Gasteiger charge is -2.21. The summed E-state index contributed by atoms with van der Waals surface area (Å²) in [5.74, 6) is 0. The normalized spacial score (nSPS) is 13.0. The van der Waals surface area contributed by atoms with Crippen molar-refractivity contribution < 1.29 is 0 Å². The quantitative estimate of drug-likeness (QED) is 0.107. The van der Waals surface area contributed by atoms with E-state index in [1.165, 1.54) is 0 Å². The van der Waals surface area contributed by atoms with E-state index in [0.29, 0.717) is 11.4 Å². The fourth-order valence-corrected chi connectivity index (χ4v) is 8.01. The van der Waals surface area contributed by atoms with Crippen LogP contribution in [0.2, 0.25) is 0 Å². The van der Waals surface area contributed by atoms with Crippen molar-refractivity contribution >= 4 is 28.3 Å². The first-order valence-electron chi connectivity index (χ1n) is 21.0. The van der Waals surface area contributed by atoms with Crippen LogP contribution in [0.25, 0.3) is 78.2 Å². The third-order valence-electron chi connectivity index (χ3n) is 11.2. The van der Waals surface area contributed by atoms with E-state index in [4.69, 9.17) is 10.1 Å². The molecule has 0 atom stereocenters. The summed E-state index contributed by atoms with van der Waals surface area (Å²) in [4.78, 5) is 9.19. The zero-order valence-corrected chi connectivity index (χ0v) is 34.4. The minimum Gasteiger partial charge on any atom is -0.299 e. The van der Waals surface area contributed by atoms with E-state index >= 15 is 0 Å². The van der Waals surface area contributed by atoms with Gasteiger partial charge in [0.2, 0.25) is 0 Å². The molecule has 63 heavy (non-hydrogen) atoms. The Balaban J connectivity index is 1.08. The SMILES string of the molecule is N=C1C=C(c2cc(-c3ccccc3)cc(-c3ccccc3)c2)C=C(c2cc(-c3ccccc3)cc(-c3ccccc3)c2)/C1=N/Nc1ccc(-c2cccc(-c3cccnc3)n2)cc1. The predicted molar refractivity (Wildman–Crippen MR) is 262 cm³/mol. The van der Waals surface area contributed by atoms with Gasteiger partial charge >= 0.3 is 0 Å². The molecule has 0 saturated heterocycles. The Bertz CT molecular complexity index is 3040. The molecule has 5 nitrogen and oxygen atoms in total. The second-order valence-corrected chi connectivity index (χ2v) is 15.4. The molecule has 2 aromatic heterocycles. The molecule has 0 bridgehead atoms. The van der Waals surface area contributed by atoms with Gasteiger partial charge in [-0.1, -0.05) is 140 Å². The topological polar surface area (TPSA) is 74.0 Å². The Kier molecular flexibility index (Phi) is 10.8. The van der Waals surface area contributed by atoms with E-state index in [1.54, 1.807) is 6.20 Å². The largest absolute Gasteiger partial charge is 0.299 e. The molecule has 2 heterocycles. The summed E-state index contributed by atoms with van der Waals surface area (Å²) in [5, 5.41) is 14.7. The number of aromatic nitrogens is 2. The summed E-state index contributed by atoms with van der Waals surface area (Å²) in [7, 11) is 0. The first-order valence-corrected chi connectivity index (χ1v) is 21.0. The number of nitrogens with one attached hydrogen (secondary N) is 2. The summed E-state index contributed by atoms with van der Waals surface area (Å²) < 4.78 is 0. The third kappa shape index (κ3) is 8.58. The van der Waals surface area contributed by atoms with E-state index in [-0.39, 0.29) is 0 Å². The maximum absolute atomic E-state index is 9.68. The zero-order chi connectivity index (χ0) is 42.4. The van der Waals surface area contributed by atoms with Gasteiger partial charge in [0, 0.05) is 29.1 Å². The van der Waals surface area contributed by atoms with Crippen LogP contribution < -0.4 is 5.43 Å². The molecule has 1 aliphatic carbocycles. The Hall–Kier alpha value is -8.54. The zero-order valence-electron chi connectivity index (χ0n) is 34.4. The molecule has 0 spiro atoms. The fraction of sp³-hybridized carbons (Fsp3) is 0. The molecule has 7 aromatic carbocycles. The highest BCUT2D eigenvalue weighted by molar-refractivity contribution is 6.62. The average Bonchev–Trinajstić information content (AvgIpc) is 3.37. The number of anilines is 1. The van der Waals surface area contributed by atoms with Crippen LogP contribution >= 0.6 is 0 Å². The summed E-state index contributed by atoms with van der Waals surface area (Å²) in [6.07, 6.45) is 7.72. The number of allylic oxidation sites excluding steroid dienone is 4. The van der Waals surface area contributed by atoms with Crippen LogP contribution in [0.15, 0.2) is 242 Å². The predicted octanol–water partition coefficient (Wildman–Crippen LogP) is 14.4. The van der Waals surface area contributed by atoms with Crippen molar-refractivity contribution in [3.8, 4) is 67.0 Å². The van der Waals surface area contributed by atoms with Crippen LogP contribution in [0.3, 0.4) is 0 Å². The van der Waals surface area contributed by atoms with E-state index in [2.05, 4.69) is 150 Å². The Morgan fingerprint density at radius 2 is 0.841 bits per heavy atom. The van der Waals surface area contributed by atoms with E-state index in [1.807, 2.05) is 91.1 Å². The first-order chi connectivity index (χ1) is 31.1.